The van der Waals surface area contributed by atoms with E-state index >= 15 is 0 Å². The Hall–Kier alpha value is -1.56. The molecule has 1 rings (SSSR count). The quantitative estimate of drug-likeness (QED) is 0.892. The lowest BCUT2D eigenvalue weighted by molar-refractivity contribution is -0.137. The SMILES string of the molecule is Cc1ccc(Br)cc1NC(=O)N(CC(=O)O)C(C)C. The van der Waals surface area contributed by atoms with Crippen LogP contribution in [0.4, 0.5) is 10.5 Å². The van der Waals surface area contributed by atoms with Gasteiger partial charge in [-0.25, -0.2) is 4.79 Å². The lowest BCUT2D eigenvalue weighted by Crippen LogP contribution is -2.43. The number of carboxylic acids is 1. The topological polar surface area (TPSA) is 69.6 Å². The van der Waals surface area contributed by atoms with E-state index in [0.29, 0.717) is 5.69 Å². The van der Waals surface area contributed by atoms with Gasteiger partial charge in [-0.05, 0) is 38.5 Å². The summed E-state index contributed by atoms with van der Waals surface area (Å²) in [4.78, 5) is 24.1. The van der Waals surface area contributed by atoms with Crippen molar-refractivity contribution in [3.8, 4) is 0 Å². The molecule has 2 amide bonds. The van der Waals surface area contributed by atoms with Crippen LogP contribution in [0.25, 0.3) is 0 Å². The van der Waals surface area contributed by atoms with Crippen LogP contribution in [0.3, 0.4) is 0 Å². The van der Waals surface area contributed by atoms with Crippen molar-refractivity contribution in [2.24, 2.45) is 0 Å². The summed E-state index contributed by atoms with van der Waals surface area (Å²) in [5, 5.41) is 11.5. The van der Waals surface area contributed by atoms with Crippen LogP contribution in [-0.4, -0.2) is 34.6 Å². The van der Waals surface area contributed by atoms with Gasteiger partial charge in [0.05, 0.1) is 0 Å². The van der Waals surface area contributed by atoms with E-state index < -0.39 is 12.0 Å². The summed E-state index contributed by atoms with van der Waals surface area (Å²) in [7, 11) is 0. The molecule has 2 N–H and O–H groups in total. The number of carbonyl (C=O) groups is 2. The lowest BCUT2D eigenvalue weighted by Gasteiger charge is -2.25. The van der Waals surface area contributed by atoms with Gasteiger partial charge in [-0.3, -0.25) is 4.79 Å². The van der Waals surface area contributed by atoms with Crippen LogP contribution in [0, 0.1) is 6.92 Å². The number of carbonyl (C=O) groups excluding carboxylic acids is 1. The summed E-state index contributed by atoms with van der Waals surface area (Å²) in [6.45, 7) is 5.10. The van der Waals surface area contributed by atoms with Gasteiger partial charge in [0.15, 0.2) is 0 Å². The monoisotopic (exact) mass is 328 g/mol. The van der Waals surface area contributed by atoms with Gasteiger partial charge in [0, 0.05) is 16.2 Å². The normalized spacial score (nSPS) is 10.4. The van der Waals surface area contributed by atoms with Gasteiger partial charge in [0.2, 0.25) is 0 Å². The van der Waals surface area contributed by atoms with Crippen molar-refractivity contribution < 1.29 is 14.7 Å². The summed E-state index contributed by atoms with van der Waals surface area (Å²) in [5.74, 6) is -1.03. The third-order valence-corrected chi connectivity index (χ3v) is 3.12. The zero-order chi connectivity index (χ0) is 14.6. The van der Waals surface area contributed by atoms with Gasteiger partial charge in [-0.2, -0.15) is 0 Å². The first-order chi connectivity index (χ1) is 8.81. The second kappa shape index (κ2) is 6.56. The third kappa shape index (κ3) is 4.55. The maximum atomic E-state index is 12.1. The summed E-state index contributed by atoms with van der Waals surface area (Å²) in [5.41, 5.74) is 1.57. The van der Waals surface area contributed by atoms with E-state index in [1.54, 1.807) is 19.9 Å². The number of benzene rings is 1. The van der Waals surface area contributed by atoms with Gasteiger partial charge in [-0.15, -0.1) is 0 Å². The number of aryl methyl sites for hydroxylation is 1. The van der Waals surface area contributed by atoms with Crippen LogP contribution in [0.1, 0.15) is 19.4 Å². The standard InChI is InChI=1S/C13H17BrN2O3/c1-8(2)16(7-12(17)18)13(19)15-11-6-10(14)5-4-9(11)3/h4-6,8H,7H2,1-3H3,(H,15,19)(H,17,18). The Morgan fingerprint density at radius 1 is 1.42 bits per heavy atom. The Balaban J connectivity index is 2.87. The number of anilines is 1. The second-order valence-corrected chi connectivity index (χ2v) is 5.42. The van der Waals surface area contributed by atoms with Crippen LogP contribution in [0.15, 0.2) is 22.7 Å². The van der Waals surface area contributed by atoms with Gasteiger partial charge in [-0.1, -0.05) is 22.0 Å². The van der Waals surface area contributed by atoms with Crippen LogP contribution in [0.5, 0.6) is 0 Å². The highest BCUT2D eigenvalue weighted by Crippen LogP contribution is 2.21. The van der Waals surface area contributed by atoms with Gasteiger partial charge < -0.3 is 15.3 Å². The predicted octanol–water partition coefficient (Wildman–Crippen LogP) is 3.08. The predicted molar refractivity (Wildman–Crippen MR) is 77.4 cm³/mol. The molecule has 0 bridgehead atoms. The minimum absolute atomic E-state index is 0.191. The molecule has 0 atom stereocenters. The first-order valence-corrected chi connectivity index (χ1v) is 6.66. The summed E-state index contributed by atoms with van der Waals surface area (Å²) in [6.07, 6.45) is 0. The van der Waals surface area contributed by atoms with Crippen molar-refractivity contribution in [2.75, 3.05) is 11.9 Å². The molecular formula is C13H17BrN2O3. The molecule has 0 saturated heterocycles. The maximum absolute atomic E-state index is 12.1. The van der Waals surface area contributed by atoms with E-state index in [9.17, 15) is 9.59 Å². The van der Waals surface area contributed by atoms with E-state index in [1.807, 2.05) is 19.1 Å². The van der Waals surface area contributed by atoms with Crippen LogP contribution < -0.4 is 5.32 Å². The summed E-state index contributed by atoms with van der Waals surface area (Å²) >= 11 is 3.33. The van der Waals surface area contributed by atoms with Crippen LogP contribution >= 0.6 is 15.9 Å². The molecule has 5 nitrogen and oxygen atoms in total. The van der Waals surface area contributed by atoms with Crippen LogP contribution in [-0.2, 0) is 4.79 Å². The molecule has 19 heavy (non-hydrogen) atoms. The fourth-order valence-electron chi connectivity index (χ4n) is 1.55. The molecular weight excluding hydrogens is 312 g/mol. The molecule has 0 aliphatic rings. The van der Waals surface area contributed by atoms with Crippen LogP contribution in [0.2, 0.25) is 0 Å². The molecule has 0 aliphatic heterocycles. The van der Waals surface area contributed by atoms with Crippen molar-refractivity contribution in [3.05, 3.63) is 28.2 Å². The van der Waals surface area contributed by atoms with Gasteiger partial charge >= 0.3 is 12.0 Å². The molecule has 0 spiro atoms. The number of halogens is 1. The highest BCUT2D eigenvalue weighted by Gasteiger charge is 2.20. The Morgan fingerprint density at radius 2 is 2.05 bits per heavy atom. The molecule has 0 unspecified atom stereocenters. The largest absolute Gasteiger partial charge is 0.480 e. The second-order valence-electron chi connectivity index (χ2n) is 4.50. The molecule has 1 aromatic rings. The van der Waals surface area contributed by atoms with Crippen molar-refractivity contribution >= 4 is 33.6 Å². The van der Waals surface area contributed by atoms with Crippen molar-refractivity contribution in [3.63, 3.8) is 0 Å². The average molecular weight is 329 g/mol. The van der Waals surface area contributed by atoms with E-state index in [-0.39, 0.29) is 12.6 Å². The molecule has 0 heterocycles. The first kappa shape index (κ1) is 15.5. The van der Waals surface area contributed by atoms with Gasteiger partial charge in [0.25, 0.3) is 0 Å². The fraction of sp³-hybridized carbons (Fsp3) is 0.385. The van der Waals surface area contributed by atoms with E-state index in [0.717, 1.165) is 10.0 Å². The Labute approximate surface area is 120 Å². The number of hydrogen-bond acceptors (Lipinski definition) is 2. The molecule has 0 aliphatic carbocycles. The van der Waals surface area contributed by atoms with Crippen molar-refractivity contribution in [1.82, 2.24) is 4.90 Å². The number of urea groups is 1. The molecule has 0 fully saturated rings. The average Bonchev–Trinajstić information content (AvgIpc) is 2.30. The molecule has 0 saturated carbocycles. The molecule has 104 valence electrons. The number of nitrogens with zero attached hydrogens (tertiary/aromatic N) is 1. The molecule has 6 heteroatoms. The highest BCUT2D eigenvalue weighted by atomic mass is 79.9. The number of rotatable bonds is 4. The number of carboxylic acid groups (broad SMARTS) is 1. The molecule has 0 radical (unpaired) electrons. The summed E-state index contributed by atoms with van der Waals surface area (Å²) in [6, 6.07) is 4.92. The Morgan fingerprint density at radius 3 is 2.58 bits per heavy atom. The molecule has 1 aromatic carbocycles. The zero-order valence-electron chi connectivity index (χ0n) is 11.1. The Bertz CT molecular complexity index is 489. The maximum Gasteiger partial charge on any atom is 0.323 e. The van der Waals surface area contributed by atoms with Crippen molar-refractivity contribution in [1.29, 1.82) is 0 Å². The lowest BCUT2D eigenvalue weighted by atomic mass is 10.2. The zero-order valence-corrected chi connectivity index (χ0v) is 12.7. The number of hydrogen-bond donors (Lipinski definition) is 2. The third-order valence-electron chi connectivity index (χ3n) is 2.63. The molecule has 0 aromatic heterocycles. The summed E-state index contributed by atoms with van der Waals surface area (Å²) < 4.78 is 0.850. The fourth-order valence-corrected chi connectivity index (χ4v) is 1.91. The number of amides is 2. The van der Waals surface area contributed by atoms with Gasteiger partial charge in [0.1, 0.15) is 6.54 Å². The van der Waals surface area contributed by atoms with E-state index in [4.69, 9.17) is 5.11 Å². The first-order valence-electron chi connectivity index (χ1n) is 5.87. The highest BCUT2D eigenvalue weighted by molar-refractivity contribution is 9.10. The van der Waals surface area contributed by atoms with Crippen molar-refractivity contribution in [2.45, 2.75) is 26.8 Å². The minimum atomic E-state index is -1.03. The minimum Gasteiger partial charge on any atom is -0.480 e. The van der Waals surface area contributed by atoms with E-state index in [2.05, 4.69) is 21.2 Å². The number of nitrogens with one attached hydrogen (secondary N) is 1. The van der Waals surface area contributed by atoms with E-state index in [1.165, 1.54) is 4.90 Å². The Kier molecular flexibility index (Phi) is 5.35. The number of aliphatic carboxylic acids is 1. The smallest absolute Gasteiger partial charge is 0.323 e.